The van der Waals surface area contributed by atoms with Crippen molar-refractivity contribution in [3.63, 3.8) is 0 Å². The van der Waals surface area contributed by atoms with Crippen molar-refractivity contribution in [1.29, 1.82) is 0 Å². The maximum Gasteiger partial charge on any atom is 0.317 e. The van der Waals surface area contributed by atoms with Crippen LogP contribution in [-0.2, 0) is 17.8 Å². The minimum absolute atomic E-state index is 0.00549. The summed E-state index contributed by atoms with van der Waals surface area (Å²) in [5.41, 5.74) is 3.25. The molecule has 1 fully saturated rings. The van der Waals surface area contributed by atoms with Crippen LogP contribution in [0.2, 0.25) is 0 Å². The van der Waals surface area contributed by atoms with Gasteiger partial charge in [0.05, 0.1) is 11.8 Å². The van der Waals surface area contributed by atoms with Gasteiger partial charge in [-0.1, -0.05) is 6.92 Å². The van der Waals surface area contributed by atoms with Gasteiger partial charge in [0, 0.05) is 44.0 Å². The highest BCUT2D eigenvalue weighted by molar-refractivity contribution is 5.74. The van der Waals surface area contributed by atoms with E-state index < -0.39 is 0 Å². The molecule has 2 amide bonds. The summed E-state index contributed by atoms with van der Waals surface area (Å²) in [5, 5.41) is 7.58. The molecule has 6 heteroatoms. The number of ether oxygens (including phenoxy) is 1. The first-order chi connectivity index (χ1) is 11.6. The number of aryl methyl sites for hydroxylation is 2. The first-order valence-corrected chi connectivity index (χ1v) is 9.24. The van der Waals surface area contributed by atoms with Gasteiger partial charge >= 0.3 is 6.03 Å². The summed E-state index contributed by atoms with van der Waals surface area (Å²) in [7, 11) is 0. The number of hydrogen-bond acceptors (Lipinski definition) is 3. The van der Waals surface area contributed by atoms with Crippen molar-refractivity contribution in [2.24, 2.45) is 0 Å². The summed E-state index contributed by atoms with van der Waals surface area (Å²) >= 11 is 0. The van der Waals surface area contributed by atoms with Crippen molar-refractivity contribution in [3.05, 3.63) is 17.0 Å². The predicted octanol–water partition coefficient (Wildman–Crippen LogP) is 3.01. The molecular formula is C18H32N4O2. The van der Waals surface area contributed by atoms with Crippen LogP contribution in [0.3, 0.4) is 0 Å². The van der Waals surface area contributed by atoms with Crippen molar-refractivity contribution in [2.45, 2.75) is 72.6 Å². The normalized spacial score (nSPS) is 17.8. The molecule has 1 aromatic heterocycles. The molecule has 0 saturated carbocycles. The van der Waals surface area contributed by atoms with Gasteiger partial charge in [-0.3, -0.25) is 4.68 Å². The molecule has 2 rings (SSSR count). The Morgan fingerprint density at radius 1 is 1.38 bits per heavy atom. The summed E-state index contributed by atoms with van der Waals surface area (Å²) in [6.07, 6.45) is 4.51. The van der Waals surface area contributed by atoms with Gasteiger partial charge in [0.25, 0.3) is 0 Å². The molecule has 1 unspecified atom stereocenters. The fraction of sp³-hybridized carbons (Fsp3) is 0.778. The highest BCUT2D eigenvalue weighted by atomic mass is 16.5. The van der Waals surface area contributed by atoms with Crippen LogP contribution in [0.15, 0.2) is 0 Å². The highest BCUT2D eigenvalue weighted by Gasteiger charge is 2.21. The van der Waals surface area contributed by atoms with Crippen molar-refractivity contribution in [3.8, 4) is 0 Å². The Kier molecular flexibility index (Phi) is 7.09. The Bertz CT molecular complexity index is 535. The van der Waals surface area contributed by atoms with Crippen LogP contribution in [0, 0.1) is 13.8 Å². The smallest absolute Gasteiger partial charge is 0.317 e. The average molecular weight is 336 g/mol. The van der Waals surface area contributed by atoms with Gasteiger partial charge in [-0.2, -0.15) is 5.10 Å². The summed E-state index contributed by atoms with van der Waals surface area (Å²) < 4.78 is 7.77. The largest absolute Gasteiger partial charge is 0.376 e. The zero-order chi connectivity index (χ0) is 17.5. The third-order valence-corrected chi connectivity index (χ3v) is 4.73. The minimum Gasteiger partial charge on any atom is -0.376 e. The standard InChI is InChI=1S/C18H32N4O2/c1-5-10-21(13-16-9-7-8-11-24-16)18(23)19-12-17-14(3)20-22(6-2)15(17)4/h16H,5-13H2,1-4H3,(H,19,23). The lowest BCUT2D eigenvalue weighted by Gasteiger charge is -2.30. The van der Waals surface area contributed by atoms with Gasteiger partial charge in [0.15, 0.2) is 0 Å². The van der Waals surface area contributed by atoms with Crippen LogP contribution in [-0.4, -0.2) is 46.5 Å². The van der Waals surface area contributed by atoms with Crippen LogP contribution in [0.25, 0.3) is 0 Å². The van der Waals surface area contributed by atoms with Crippen LogP contribution in [0.1, 0.15) is 56.5 Å². The van der Waals surface area contributed by atoms with Crippen LogP contribution < -0.4 is 5.32 Å². The monoisotopic (exact) mass is 336 g/mol. The second kappa shape index (κ2) is 9.06. The van der Waals surface area contributed by atoms with E-state index in [4.69, 9.17) is 4.74 Å². The molecule has 0 aromatic carbocycles. The fourth-order valence-electron chi connectivity index (χ4n) is 3.32. The van der Waals surface area contributed by atoms with E-state index >= 15 is 0 Å². The van der Waals surface area contributed by atoms with E-state index in [0.29, 0.717) is 13.1 Å². The lowest BCUT2D eigenvalue weighted by molar-refractivity contribution is 0.000694. The van der Waals surface area contributed by atoms with E-state index in [2.05, 4.69) is 31.2 Å². The number of amides is 2. The molecule has 1 aliphatic rings. The SMILES string of the molecule is CCCN(CC1CCCCO1)C(=O)NCc1c(C)nn(CC)c1C. The molecule has 1 N–H and O–H groups in total. The van der Waals surface area contributed by atoms with Gasteiger partial charge in [-0.05, 0) is 46.5 Å². The lowest BCUT2D eigenvalue weighted by atomic mass is 10.1. The molecule has 6 nitrogen and oxygen atoms in total. The summed E-state index contributed by atoms with van der Waals surface area (Å²) in [6, 6.07) is -0.00549. The lowest BCUT2D eigenvalue weighted by Crippen LogP contribution is -2.45. The van der Waals surface area contributed by atoms with Crippen molar-refractivity contribution >= 4 is 6.03 Å². The molecule has 1 atom stereocenters. The number of rotatable bonds is 7. The Morgan fingerprint density at radius 2 is 2.17 bits per heavy atom. The molecule has 1 saturated heterocycles. The van der Waals surface area contributed by atoms with Gasteiger partial charge in [-0.15, -0.1) is 0 Å². The number of nitrogens with zero attached hydrogens (tertiary/aromatic N) is 3. The van der Waals surface area contributed by atoms with E-state index in [1.165, 1.54) is 6.42 Å². The molecule has 0 bridgehead atoms. The number of urea groups is 1. The van der Waals surface area contributed by atoms with Crippen LogP contribution in [0.4, 0.5) is 4.79 Å². The summed E-state index contributed by atoms with van der Waals surface area (Å²) in [4.78, 5) is 14.5. The first kappa shape index (κ1) is 18.8. The summed E-state index contributed by atoms with van der Waals surface area (Å²) in [5.74, 6) is 0. The second-order valence-electron chi connectivity index (χ2n) is 6.56. The molecule has 24 heavy (non-hydrogen) atoms. The third-order valence-electron chi connectivity index (χ3n) is 4.73. The maximum atomic E-state index is 12.6. The number of carbonyl (C=O) groups excluding carboxylic acids is 1. The quantitative estimate of drug-likeness (QED) is 0.832. The molecular weight excluding hydrogens is 304 g/mol. The molecule has 0 radical (unpaired) electrons. The van der Waals surface area contributed by atoms with Crippen LogP contribution >= 0.6 is 0 Å². The number of hydrogen-bond donors (Lipinski definition) is 1. The van der Waals surface area contributed by atoms with Crippen LogP contribution in [0.5, 0.6) is 0 Å². The molecule has 0 aliphatic carbocycles. The Balaban J connectivity index is 1.93. The highest BCUT2D eigenvalue weighted by Crippen LogP contribution is 2.15. The van der Waals surface area contributed by atoms with Crippen molar-refractivity contribution < 1.29 is 9.53 Å². The first-order valence-electron chi connectivity index (χ1n) is 9.24. The Hall–Kier alpha value is -1.56. The van der Waals surface area contributed by atoms with Gasteiger partial charge < -0.3 is 15.0 Å². The van der Waals surface area contributed by atoms with E-state index in [1.807, 2.05) is 16.5 Å². The van der Waals surface area contributed by atoms with Gasteiger partial charge in [0.1, 0.15) is 0 Å². The fourth-order valence-corrected chi connectivity index (χ4v) is 3.32. The Morgan fingerprint density at radius 3 is 2.75 bits per heavy atom. The minimum atomic E-state index is -0.00549. The van der Waals surface area contributed by atoms with Crippen molar-refractivity contribution in [2.75, 3.05) is 19.7 Å². The van der Waals surface area contributed by atoms with E-state index in [0.717, 1.165) is 55.9 Å². The Labute approximate surface area is 145 Å². The molecule has 1 aromatic rings. The zero-order valence-corrected chi connectivity index (χ0v) is 15.6. The van der Waals surface area contributed by atoms with E-state index in [-0.39, 0.29) is 12.1 Å². The predicted molar refractivity (Wildman–Crippen MR) is 95.1 cm³/mol. The van der Waals surface area contributed by atoms with Gasteiger partial charge in [0.2, 0.25) is 0 Å². The molecule has 0 spiro atoms. The van der Waals surface area contributed by atoms with Gasteiger partial charge in [-0.25, -0.2) is 4.79 Å². The number of carbonyl (C=O) groups is 1. The second-order valence-corrected chi connectivity index (χ2v) is 6.56. The zero-order valence-electron chi connectivity index (χ0n) is 15.6. The van der Waals surface area contributed by atoms with E-state index in [1.54, 1.807) is 0 Å². The molecule has 1 aliphatic heterocycles. The molecule has 136 valence electrons. The van der Waals surface area contributed by atoms with E-state index in [9.17, 15) is 4.79 Å². The van der Waals surface area contributed by atoms with Crippen molar-refractivity contribution in [1.82, 2.24) is 20.0 Å². The summed E-state index contributed by atoms with van der Waals surface area (Å²) in [6.45, 7) is 11.9. The topological polar surface area (TPSA) is 59.4 Å². The third kappa shape index (κ3) is 4.72. The number of nitrogens with one attached hydrogen (secondary N) is 1. The maximum absolute atomic E-state index is 12.6. The average Bonchev–Trinajstić information content (AvgIpc) is 2.87. The number of aromatic nitrogens is 2. The molecule has 2 heterocycles.